The molecule has 4 nitrogen and oxygen atoms in total. The third-order valence-electron chi connectivity index (χ3n) is 3.18. The van der Waals surface area contributed by atoms with Crippen LogP contribution in [0.5, 0.6) is 0 Å². The Morgan fingerprint density at radius 3 is 2.40 bits per heavy atom. The summed E-state index contributed by atoms with van der Waals surface area (Å²) in [5, 5.41) is 11.7. The molecule has 1 amide bonds. The van der Waals surface area contributed by atoms with Gasteiger partial charge >= 0.3 is 5.97 Å². The number of carboxylic acid groups (broad SMARTS) is 1. The molecule has 0 saturated heterocycles. The molecule has 20 heavy (non-hydrogen) atoms. The van der Waals surface area contributed by atoms with E-state index < -0.39 is 11.9 Å². The van der Waals surface area contributed by atoms with Gasteiger partial charge in [-0.05, 0) is 25.7 Å². The number of amides is 1. The number of carboxylic acids is 1. The smallest absolute Gasteiger partial charge is 0.304 e. The van der Waals surface area contributed by atoms with Gasteiger partial charge in [-0.2, -0.15) is 0 Å². The molecule has 1 atom stereocenters. The second-order valence-electron chi connectivity index (χ2n) is 5.14. The van der Waals surface area contributed by atoms with Crippen molar-refractivity contribution in [3.05, 3.63) is 12.2 Å². The van der Waals surface area contributed by atoms with Crippen molar-refractivity contribution in [3.63, 3.8) is 0 Å². The molecule has 2 N–H and O–H groups in total. The molecule has 4 heteroatoms. The van der Waals surface area contributed by atoms with Crippen LogP contribution in [0.1, 0.15) is 65.2 Å². The van der Waals surface area contributed by atoms with Crippen molar-refractivity contribution in [2.24, 2.45) is 5.92 Å². The maximum Gasteiger partial charge on any atom is 0.304 e. The maximum absolute atomic E-state index is 11.9. The zero-order valence-electron chi connectivity index (χ0n) is 12.9. The van der Waals surface area contributed by atoms with Crippen LogP contribution in [-0.2, 0) is 9.59 Å². The van der Waals surface area contributed by atoms with Crippen LogP contribution in [0.2, 0.25) is 0 Å². The third-order valence-corrected chi connectivity index (χ3v) is 3.18. The number of hydrogen-bond donors (Lipinski definition) is 2. The Balaban J connectivity index is 4.12. The van der Waals surface area contributed by atoms with E-state index in [2.05, 4.69) is 25.2 Å². The summed E-state index contributed by atoms with van der Waals surface area (Å²) < 4.78 is 0. The summed E-state index contributed by atoms with van der Waals surface area (Å²) in [7, 11) is 0. The van der Waals surface area contributed by atoms with Crippen molar-refractivity contribution in [2.45, 2.75) is 65.2 Å². The molecule has 0 radical (unpaired) electrons. The predicted molar refractivity (Wildman–Crippen MR) is 81.6 cm³/mol. The molecule has 0 aromatic heterocycles. The number of carbonyl (C=O) groups excluding carboxylic acids is 1. The quantitative estimate of drug-likeness (QED) is 0.425. The minimum atomic E-state index is -0.917. The summed E-state index contributed by atoms with van der Waals surface area (Å²) in [4.78, 5) is 22.7. The van der Waals surface area contributed by atoms with Crippen LogP contribution in [-0.4, -0.2) is 23.5 Å². The Morgan fingerprint density at radius 1 is 1.10 bits per heavy atom. The average molecular weight is 283 g/mol. The summed E-state index contributed by atoms with van der Waals surface area (Å²) in [6, 6.07) is 0. The van der Waals surface area contributed by atoms with Gasteiger partial charge in [-0.1, -0.05) is 45.3 Å². The van der Waals surface area contributed by atoms with Crippen molar-refractivity contribution in [2.75, 3.05) is 6.54 Å². The van der Waals surface area contributed by atoms with Crippen molar-refractivity contribution in [1.82, 2.24) is 5.32 Å². The first-order valence-electron chi connectivity index (χ1n) is 7.76. The fraction of sp³-hybridized carbons (Fsp3) is 0.750. The first-order chi connectivity index (χ1) is 9.61. The van der Waals surface area contributed by atoms with Crippen molar-refractivity contribution < 1.29 is 14.7 Å². The van der Waals surface area contributed by atoms with Gasteiger partial charge in [0.1, 0.15) is 0 Å². The normalized spacial score (nSPS) is 12.5. The highest BCUT2D eigenvalue weighted by molar-refractivity contribution is 5.83. The van der Waals surface area contributed by atoms with Crippen molar-refractivity contribution in [1.29, 1.82) is 0 Å². The predicted octanol–water partition coefficient (Wildman–Crippen LogP) is 3.52. The molecule has 0 rings (SSSR count). The fourth-order valence-electron chi connectivity index (χ4n) is 1.92. The number of aliphatic carboxylic acids is 1. The minimum absolute atomic E-state index is 0.0999. The summed E-state index contributed by atoms with van der Waals surface area (Å²) >= 11 is 0. The molecule has 0 spiro atoms. The van der Waals surface area contributed by atoms with E-state index in [0.717, 1.165) is 25.7 Å². The van der Waals surface area contributed by atoms with Gasteiger partial charge in [0.25, 0.3) is 0 Å². The van der Waals surface area contributed by atoms with E-state index >= 15 is 0 Å². The Morgan fingerprint density at radius 2 is 1.80 bits per heavy atom. The van der Waals surface area contributed by atoms with Gasteiger partial charge in [0, 0.05) is 6.54 Å². The molecule has 0 aromatic rings. The topological polar surface area (TPSA) is 66.4 Å². The lowest BCUT2D eigenvalue weighted by Crippen LogP contribution is -2.32. The van der Waals surface area contributed by atoms with Gasteiger partial charge < -0.3 is 10.4 Å². The van der Waals surface area contributed by atoms with E-state index in [-0.39, 0.29) is 12.3 Å². The number of nitrogens with one attached hydrogen (secondary N) is 1. The summed E-state index contributed by atoms with van der Waals surface area (Å²) in [5.74, 6) is -1.51. The van der Waals surface area contributed by atoms with Crippen LogP contribution in [0, 0.1) is 5.92 Å². The summed E-state index contributed by atoms with van der Waals surface area (Å²) in [6.07, 6.45) is 10.9. The van der Waals surface area contributed by atoms with Crippen LogP contribution < -0.4 is 5.32 Å². The molecule has 0 bridgehead atoms. The minimum Gasteiger partial charge on any atom is -0.481 e. The van der Waals surface area contributed by atoms with Crippen molar-refractivity contribution >= 4 is 11.9 Å². The highest BCUT2D eigenvalue weighted by Crippen LogP contribution is 2.11. The van der Waals surface area contributed by atoms with Crippen molar-refractivity contribution in [3.8, 4) is 0 Å². The zero-order valence-corrected chi connectivity index (χ0v) is 12.9. The fourth-order valence-corrected chi connectivity index (χ4v) is 1.92. The zero-order chi connectivity index (χ0) is 15.2. The van der Waals surface area contributed by atoms with Gasteiger partial charge in [-0.3, -0.25) is 9.59 Å². The van der Waals surface area contributed by atoms with E-state index in [1.165, 1.54) is 12.8 Å². The number of carbonyl (C=O) groups is 2. The molecule has 0 fully saturated rings. The molecule has 0 saturated carbocycles. The van der Waals surface area contributed by atoms with E-state index in [4.69, 9.17) is 5.11 Å². The molecular formula is C16H29NO3. The molecule has 0 aromatic carbocycles. The van der Waals surface area contributed by atoms with Gasteiger partial charge in [0.2, 0.25) is 5.91 Å². The molecule has 0 heterocycles. The SMILES string of the molecule is CCCCC/C=C/CC(CC(=O)O)C(=O)NCCCC. The molecular weight excluding hydrogens is 254 g/mol. The Kier molecular flexibility index (Phi) is 11.9. The highest BCUT2D eigenvalue weighted by Gasteiger charge is 2.19. The van der Waals surface area contributed by atoms with E-state index in [1.54, 1.807) is 0 Å². The van der Waals surface area contributed by atoms with E-state index in [1.807, 2.05) is 6.08 Å². The Hall–Kier alpha value is -1.32. The van der Waals surface area contributed by atoms with Crippen LogP contribution in [0.25, 0.3) is 0 Å². The van der Waals surface area contributed by atoms with Crippen LogP contribution in [0.15, 0.2) is 12.2 Å². The third kappa shape index (κ3) is 10.6. The standard InChI is InChI=1S/C16H29NO3/c1-3-5-7-8-9-10-11-14(13-15(18)19)16(20)17-12-6-4-2/h9-10,14H,3-8,11-13H2,1-2H3,(H,17,20)(H,18,19)/b10-9+. The lowest BCUT2D eigenvalue weighted by atomic mass is 9.99. The number of hydrogen-bond acceptors (Lipinski definition) is 2. The van der Waals surface area contributed by atoms with Gasteiger partial charge in [0.15, 0.2) is 0 Å². The van der Waals surface area contributed by atoms with Gasteiger partial charge in [-0.25, -0.2) is 0 Å². The summed E-state index contributed by atoms with van der Waals surface area (Å²) in [6.45, 7) is 4.85. The maximum atomic E-state index is 11.9. The lowest BCUT2D eigenvalue weighted by molar-refractivity contribution is -0.141. The Labute approximate surface area is 122 Å². The first-order valence-corrected chi connectivity index (χ1v) is 7.76. The van der Waals surface area contributed by atoms with E-state index in [0.29, 0.717) is 13.0 Å². The molecule has 0 aliphatic rings. The Bertz CT molecular complexity index is 300. The largest absolute Gasteiger partial charge is 0.481 e. The van der Waals surface area contributed by atoms with Crippen LogP contribution in [0.3, 0.4) is 0 Å². The average Bonchev–Trinajstić information content (AvgIpc) is 2.41. The summed E-state index contributed by atoms with van der Waals surface area (Å²) in [5.41, 5.74) is 0. The van der Waals surface area contributed by atoms with E-state index in [9.17, 15) is 9.59 Å². The lowest BCUT2D eigenvalue weighted by Gasteiger charge is -2.13. The monoisotopic (exact) mass is 283 g/mol. The van der Waals surface area contributed by atoms with Gasteiger partial charge in [-0.15, -0.1) is 0 Å². The van der Waals surface area contributed by atoms with Crippen LogP contribution >= 0.6 is 0 Å². The number of rotatable bonds is 12. The second-order valence-corrected chi connectivity index (χ2v) is 5.14. The molecule has 0 aliphatic carbocycles. The number of unbranched alkanes of at least 4 members (excludes halogenated alkanes) is 4. The second kappa shape index (κ2) is 12.7. The number of allylic oxidation sites excluding steroid dienone is 2. The molecule has 1 unspecified atom stereocenters. The first kappa shape index (κ1) is 18.7. The van der Waals surface area contributed by atoms with Gasteiger partial charge in [0.05, 0.1) is 12.3 Å². The molecule has 0 aliphatic heterocycles. The molecule has 116 valence electrons. The van der Waals surface area contributed by atoms with Crippen LogP contribution in [0.4, 0.5) is 0 Å². The highest BCUT2D eigenvalue weighted by atomic mass is 16.4.